The Kier molecular flexibility index (Phi) is 3.95. The summed E-state index contributed by atoms with van der Waals surface area (Å²) in [5.74, 6) is 0.0282. The normalized spacial score (nSPS) is 10.6. The van der Waals surface area contributed by atoms with Crippen LogP contribution in [0.25, 0.3) is 10.8 Å². The van der Waals surface area contributed by atoms with Crippen LogP contribution in [-0.4, -0.2) is 24.7 Å². The van der Waals surface area contributed by atoms with Crippen molar-refractivity contribution in [3.05, 3.63) is 42.5 Å². The van der Waals surface area contributed by atoms with Crippen molar-refractivity contribution in [2.24, 2.45) is 0 Å². The Morgan fingerprint density at radius 1 is 1.17 bits per heavy atom. The Balaban J connectivity index is 2.32. The van der Waals surface area contributed by atoms with E-state index in [4.69, 9.17) is 5.11 Å². The molecular weight excluding hydrogens is 226 g/mol. The fraction of sp³-hybridized carbons (Fsp3) is 0.267. The number of aliphatic hydroxyl groups is 1. The number of rotatable bonds is 4. The van der Waals surface area contributed by atoms with Crippen molar-refractivity contribution in [3.8, 4) is 0 Å². The predicted molar refractivity (Wildman–Crippen MR) is 73.7 cm³/mol. The van der Waals surface area contributed by atoms with E-state index < -0.39 is 0 Å². The molecule has 0 aliphatic heterocycles. The second kappa shape index (κ2) is 5.65. The van der Waals surface area contributed by atoms with Crippen LogP contribution in [0.4, 0.5) is 5.69 Å². The summed E-state index contributed by atoms with van der Waals surface area (Å²) >= 11 is 0. The molecule has 0 heterocycles. The smallest absolute Gasteiger partial charge is 0.226 e. The number of hydrogen-bond donors (Lipinski definition) is 1. The lowest BCUT2D eigenvalue weighted by Crippen LogP contribution is -2.26. The number of fused-ring (bicyclic) bond motifs is 1. The van der Waals surface area contributed by atoms with Crippen molar-refractivity contribution in [2.45, 2.75) is 12.8 Å². The van der Waals surface area contributed by atoms with Crippen molar-refractivity contribution < 1.29 is 9.90 Å². The Bertz CT molecular complexity index is 546. The summed E-state index contributed by atoms with van der Waals surface area (Å²) in [5, 5.41) is 11.0. The molecule has 94 valence electrons. The highest BCUT2D eigenvalue weighted by atomic mass is 16.3. The monoisotopic (exact) mass is 243 g/mol. The largest absolute Gasteiger partial charge is 0.396 e. The highest BCUT2D eigenvalue weighted by molar-refractivity contribution is 6.03. The molecule has 0 bridgehead atoms. The van der Waals surface area contributed by atoms with E-state index in [0.717, 1.165) is 16.5 Å². The lowest BCUT2D eigenvalue weighted by Gasteiger charge is -2.19. The van der Waals surface area contributed by atoms with Crippen LogP contribution >= 0.6 is 0 Å². The van der Waals surface area contributed by atoms with E-state index in [9.17, 15) is 4.79 Å². The van der Waals surface area contributed by atoms with E-state index in [0.29, 0.717) is 12.8 Å². The molecule has 0 atom stereocenters. The number of hydrogen-bond acceptors (Lipinski definition) is 2. The van der Waals surface area contributed by atoms with Crippen LogP contribution in [0, 0.1) is 0 Å². The fourth-order valence-electron chi connectivity index (χ4n) is 2.03. The highest BCUT2D eigenvalue weighted by Crippen LogP contribution is 2.26. The average molecular weight is 243 g/mol. The third-order valence-corrected chi connectivity index (χ3v) is 3.05. The molecule has 3 heteroatoms. The van der Waals surface area contributed by atoms with Crippen LogP contribution in [0.1, 0.15) is 12.8 Å². The second-order valence-electron chi connectivity index (χ2n) is 4.28. The van der Waals surface area contributed by atoms with E-state index in [1.165, 1.54) is 0 Å². The summed E-state index contributed by atoms with van der Waals surface area (Å²) in [5.41, 5.74) is 0.913. The van der Waals surface area contributed by atoms with Gasteiger partial charge in [0.1, 0.15) is 0 Å². The third-order valence-electron chi connectivity index (χ3n) is 3.05. The first-order valence-electron chi connectivity index (χ1n) is 6.09. The summed E-state index contributed by atoms with van der Waals surface area (Å²) < 4.78 is 0. The van der Waals surface area contributed by atoms with Gasteiger partial charge < -0.3 is 10.0 Å². The molecule has 3 nitrogen and oxygen atoms in total. The van der Waals surface area contributed by atoms with Gasteiger partial charge in [0.05, 0.1) is 5.69 Å². The molecule has 0 unspecified atom stereocenters. The number of anilines is 1. The van der Waals surface area contributed by atoms with Gasteiger partial charge in [-0.25, -0.2) is 0 Å². The molecule has 0 aliphatic rings. The summed E-state index contributed by atoms with van der Waals surface area (Å²) in [7, 11) is 1.78. The number of carbonyl (C=O) groups is 1. The van der Waals surface area contributed by atoms with Gasteiger partial charge >= 0.3 is 0 Å². The zero-order chi connectivity index (χ0) is 13.0. The van der Waals surface area contributed by atoms with Crippen LogP contribution in [0.5, 0.6) is 0 Å². The first kappa shape index (κ1) is 12.6. The van der Waals surface area contributed by atoms with Crippen molar-refractivity contribution in [1.82, 2.24) is 0 Å². The van der Waals surface area contributed by atoms with E-state index in [2.05, 4.69) is 0 Å². The summed E-state index contributed by atoms with van der Waals surface area (Å²) in [6, 6.07) is 13.9. The SMILES string of the molecule is CN(C(=O)CCCO)c1cccc2ccccc12. The van der Waals surface area contributed by atoms with Gasteiger partial charge in [-0.2, -0.15) is 0 Å². The third kappa shape index (κ3) is 2.51. The molecule has 2 aromatic rings. The molecule has 0 saturated heterocycles. The van der Waals surface area contributed by atoms with Crippen molar-refractivity contribution in [3.63, 3.8) is 0 Å². The van der Waals surface area contributed by atoms with Crippen LogP contribution < -0.4 is 4.90 Å². The minimum atomic E-state index is 0.0282. The van der Waals surface area contributed by atoms with E-state index in [1.54, 1.807) is 11.9 Å². The fourth-order valence-corrected chi connectivity index (χ4v) is 2.03. The van der Waals surface area contributed by atoms with Crippen molar-refractivity contribution in [2.75, 3.05) is 18.6 Å². The number of amides is 1. The van der Waals surface area contributed by atoms with Gasteiger partial charge in [0.2, 0.25) is 5.91 Å². The van der Waals surface area contributed by atoms with Gasteiger partial charge in [-0.3, -0.25) is 4.79 Å². The van der Waals surface area contributed by atoms with Crippen LogP contribution in [-0.2, 0) is 4.79 Å². The zero-order valence-corrected chi connectivity index (χ0v) is 10.5. The van der Waals surface area contributed by atoms with Crippen LogP contribution in [0.15, 0.2) is 42.5 Å². The van der Waals surface area contributed by atoms with Gasteiger partial charge in [-0.05, 0) is 17.9 Å². The summed E-state index contributed by atoms with van der Waals surface area (Å²) in [6.07, 6.45) is 0.879. The standard InChI is InChI=1S/C15H17NO2/c1-16(15(18)10-5-11-17)14-9-4-7-12-6-2-3-8-13(12)14/h2-4,6-9,17H,5,10-11H2,1H3. The first-order chi connectivity index (χ1) is 8.74. The number of aliphatic hydroxyl groups excluding tert-OH is 1. The molecule has 18 heavy (non-hydrogen) atoms. The van der Waals surface area contributed by atoms with Crippen molar-refractivity contribution >= 4 is 22.4 Å². The summed E-state index contributed by atoms with van der Waals surface area (Å²) in [6.45, 7) is 0.0507. The van der Waals surface area contributed by atoms with Gasteiger partial charge in [-0.15, -0.1) is 0 Å². The molecule has 0 aromatic heterocycles. The zero-order valence-electron chi connectivity index (χ0n) is 10.5. The van der Waals surface area contributed by atoms with Crippen molar-refractivity contribution in [1.29, 1.82) is 0 Å². The maximum absolute atomic E-state index is 12.0. The lowest BCUT2D eigenvalue weighted by molar-refractivity contribution is -0.118. The van der Waals surface area contributed by atoms with E-state index in [1.807, 2.05) is 42.5 Å². The molecule has 2 aromatic carbocycles. The summed E-state index contributed by atoms with van der Waals surface area (Å²) in [4.78, 5) is 13.6. The van der Waals surface area contributed by atoms with Gasteiger partial charge in [0, 0.05) is 25.5 Å². The maximum Gasteiger partial charge on any atom is 0.226 e. The molecule has 0 aliphatic carbocycles. The molecular formula is C15H17NO2. The predicted octanol–water partition coefficient (Wildman–Crippen LogP) is 2.58. The van der Waals surface area contributed by atoms with Crippen LogP contribution in [0.2, 0.25) is 0 Å². The lowest BCUT2D eigenvalue weighted by atomic mass is 10.1. The Labute approximate surface area is 107 Å². The first-order valence-corrected chi connectivity index (χ1v) is 6.09. The molecule has 1 amide bonds. The second-order valence-corrected chi connectivity index (χ2v) is 4.28. The molecule has 0 saturated carbocycles. The number of nitrogens with zero attached hydrogens (tertiary/aromatic N) is 1. The van der Waals surface area contributed by atoms with Gasteiger partial charge in [0.15, 0.2) is 0 Å². The van der Waals surface area contributed by atoms with E-state index >= 15 is 0 Å². The molecule has 1 N–H and O–H groups in total. The Morgan fingerprint density at radius 2 is 1.89 bits per heavy atom. The Morgan fingerprint density at radius 3 is 2.67 bits per heavy atom. The van der Waals surface area contributed by atoms with Crippen LogP contribution in [0.3, 0.4) is 0 Å². The average Bonchev–Trinajstić information content (AvgIpc) is 2.43. The van der Waals surface area contributed by atoms with Gasteiger partial charge in [0.25, 0.3) is 0 Å². The topological polar surface area (TPSA) is 40.5 Å². The minimum Gasteiger partial charge on any atom is -0.396 e. The van der Waals surface area contributed by atoms with E-state index in [-0.39, 0.29) is 12.5 Å². The molecule has 0 radical (unpaired) electrons. The highest BCUT2D eigenvalue weighted by Gasteiger charge is 2.12. The molecule has 0 fully saturated rings. The number of carbonyl (C=O) groups excluding carboxylic acids is 1. The quantitative estimate of drug-likeness (QED) is 0.896. The van der Waals surface area contributed by atoms with Gasteiger partial charge in [-0.1, -0.05) is 36.4 Å². The molecule has 0 spiro atoms. The maximum atomic E-state index is 12.0. The minimum absolute atomic E-state index is 0.0282. The Hall–Kier alpha value is -1.87. The number of benzene rings is 2. The molecule has 2 rings (SSSR count).